The number of halogens is 1. The largest absolute Gasteiger partial charge is 0.382 e. The van der Waals surface area contributed by atoms with Gasteiger partial charge in [0.1, 0.15) is 0 Å². The summed E-state index contributed by atoms with van der Waals surface area (Å²) in [6, 6.07) is 7.41. The monoisotopic (exact) mass is 266 g/mol. The van der Waals surface area contributed by atoms with E-state index in [9.17, 15) is 0 Å². The molecule has 100 valence electrons. The van der Waals surface area contributed by atoms with Gasteiger partial charge in [-0.2, -0.15) is 0 Å². The Morgan fingerprint density at radius 2 is 2.06 bits per heavy atom. The molecule has 18 heavy (non-hydrogen) atoms. The van der Waals surface area contributed by atoms with E-state index in [0.717, 1.165) is 22.8 Å². The molecule has 1 aliphatic heterocycles. The van der Waals surface area contributed by atoms with E-state index >= 15 is 0 Å². The van der Waals surface area contributed by atoms with Crippen LogP contribution in [0.4, 0.5) is 5.69 Å². The predicted octanol–water partition coefficient (Wildman–Crippen LogP) is 3.79. The van der Waals surface area contributed by atoms with Crippen LogP contribution in [0.5, 0.6) is 0 Å². The summed E-state index contributed by atoms with van der Waals surface area (Å²) in [6.07, 6.45) is 1.18. The molecule has 0 aliphatic carbocycles. The third kappa shape index (κ3) is 2.99. The Morgan fingerprint density at radius 1 is 1.33 bits per heavy atom. The smallest absolute Gasteiger partial charge is 0.0455 e. The van der Waals surface area contributed by atoms with Gasteiger partial charge in [0.25, 0.3) is 0 Å². The van der Waals surface area contributed by atoms with Gasteiger partial charge in [-0.25, -0.2) is 0 Å². The summed E-state index contributed by atoms with van der Waals surface area (Å²) in [5.74, 6) is 0.659. The molecule has 1 aromatic rings. The zero-order valence-corrected chi connectivity index (χ0v) is 12.5. The van der Waals surface area contributed by atoms with Gasteiger partial charge in [-0.1, -0.05) is 24.6 Å². The molecule has 0 radical (unpaired) electrons. The average molecular weight is 267 g/mol. The zero-order valence-electron chi connectivity index (χ0n) is 11.7. The number of likely N-dealkylation sites (tertiary alicyclic amines) is 1. The van der Waals surface area contributed by atoms with Gasteiger partial charge in [0, 0.05) is 29.3 Å². The maximum atomic E-state index is 6.17. The molecule has 3 heteroatoms. The second-order valence-corrected chi connectivity index (χ2v) is 6.12. The predicted molar refractivity (Wildman–Crippen MR) is 79.5 cm³/mol. The van der Waals surface area contributed by atoms with Gasteiger partial charge in [0.15, 0.2) is 0 Å². The number of rotatable bonds is 2. The quantitative estimate of drug-likeness (QED) is 0.876. The van der Waals surface area contributed by atoms with Gasteiger partial charge in [-0.3, -0.25) is 0 Å². The first-order valence-electron chi connectivity index (χ1n) is 6.70. The second kappa shape index (κ2) is 5.50. The summed E-state index contributed by atoms with van der Waals surface area (Å²) < 4.78 is 0. The van der Waals surface area contributed by atoms with Crippen LogP contribution in [0.3, 0.4) is 0 Å². The van der Waals surface area contributed by atoms with Crippen LogP contribution in [-0.4, -0.2) is 30.6 Å². The van der Waals surface area contributed by atoms with E-state index in [-0.39, 0.29) is 0 Å². The van der Waals surface area contributed by atoms with Crippen LogP contribution in [0, 0.1) is 12.8 Å². The molecule has 0 aromatic heterocycles. The lowest BCUT2D eigenvalue weighted by Gasteiger charge is -2.40. The number of hydrogen-bond acceptors (Lipinski definition) is 2. The topological polar surface area (TPSA) is 15.3 Å². The molecule has 0 amide bonds. The van der Waals surface area contributed by atoms with Crippen molar-refractivity contribution < 1.29 is 0 Å². The summed E-state index contributed by atoms with van der Waals surface area (Å²) in [5.41, 5.74) is 2.27. The zero-order chi connectivity index (χ0) is 13.3. The number of aryl methyl sites for hydroxylation is 1. The molecule has 2 rings (SSSR count). The highest BCUT2D eigenvalue weighted by atomic mass is 35.5. The first kappa shape index (κ1) is 13.7. The molecule has 1 heterocycles. The Kier molecular flexibility index (Phi) is 4.18. The van der Waals surface area contributed by atoms with Crippen molar-refractivity contribution in [2.45, 2.75) is 39.3 Å². The van der Waals surface area contributed by atoms with Gasteiger partial charge in [-0.15, -0.1) is 0 Å². The minimum atomic E-state index is 0.537. The van der Waals surface area contributed by atoms with Gasteiger partial charge >= 0.3 is 0 Å². The Morgan fingerprint density at radius 3 is 2.72 bits per heavy atom. The molecule has 1 N–H and O–H groups in total. The molecule has 0 bridgehead atoms. The fourth-order valence-electron chi connectivity index (χ4n) is 2.64. The standard InChI is InChI=1S/C15H23ClN2/c1-10-5-6-13(8-14(10)16)17-15-7-12(3)18(4)9-11(15)2/h5-6,8,11-12,15,17H,7,9H2,1-4H3. The Hall–Kier alpha value is -0.730. The molecule has 1 aromatic carbocycles. The Balaban J connectivity index is 2.06. The van der Waals surface area contributed by atoms with Crippen LogP contribution in [0.2, 0.25) is 5.02 Å². The van der Waals surface area contributed by atoms with Crippen molar-refractivity contribution in [2.75, 3.05) is 18.9 Å². The third-order valence-electron chi connectivity index (χ3n) is 4.13. The minimum absolute atomic E-state index is 0.537. The van der Waals surface area contributed by atoms with Gasteiger partial charge in [0.2, 0.25) is 0 Å². The number of hydrogen-bond donors (Lipinski definition) is 1. The molecule has 3 atom stereocenters. The number of nitrogens with zero attached hydrogens (tertiary/aromatic N) is 1. The van der Waals surface area contributed by atoms with E-state index < -0.39 is 0 Å². The van der Waals surface area contributed by atoms with Crippen molar-refractivity contribution in [3.8, 4) is 0 Å². The Bertz CT molecular complexity index is 419. The molecule has 2 nitrogen and oxygen atoms in total. The lowest BCUT2D eigenvalue weighted by Crippen LogP contribution is -2.48. The molecule has 1 saturated heterocycles. The Labute approximate surface area is 115 Å². The molecular formula is C15H23ClN2. The summed E-state index contributed by atoms with van der Waals surface area (Å²) in [5, 5.41) is 4.48. The minimum Gasteiger partial charge on any atom is -0.382 e. The summed E-state index contributed by atoms with van der Waals surface area (Å²) >= 11 is 6.17. The van der Waals surface area contributed by atoms with Crippen LogP contribution in [-0.2, 0) is 0 Å². The normalized spacial score (nSPS) is 29.3. The first-order chi connectivity index (χ1) is 8.47. The lowest BCUT2D eigenvalue weighted by atomic mass is 9.89. The molecule has 0 spiro atoms. The fourth-order valence-corrected chi connectivity index (χ4v) is 2.82. The van der Waals surface area contributed by atoms with Crippen molar-refractivity contribution in [1.82, 2.24) is 4.90 Å². The van der Waals surface area contributed by atoms with E-state index in [1.165, 1.54) is 6.42 Å². The van der Waals surface area contributed by atoms with E-state index in [4.69, 9.17) is 11.6 Å². The third-order valence-corrected chi connectivity index (χ3v) is 4.54. The molecule has 3 unspecified atom stereocenters. The first-order valence-corrected chi connectivity index (χ1v) is 7.08. The highest BCUT2D eigenvalue weighted by Crippen LogP contribution is 2.26. The van der Waals surface area contributed by atoms with E-state index in [1.807, 2.05) is 13.0 Å². The van der Waals surface area contributed by atoms with Crippen LogP contribution < -0.4 is 5.32 Å². The highest BCUT2D eigenvalue weighted by Gasteiger charge is 2.28. The van der Waals surface area contributed by atoms with Gasteiger partial charge in [0.05, 0.1) is 0 Å². The van der Waals surface area contributed by atoms with Crippen LogP contribution in [0.15, 0.2) is 18.2 Å². The SMILES string of the molecule is Cc1ccc(NC2CC(C)N(C)CC2C)cc1Cl. The number of piperidine rings is 1. The van der Waals surface area contributed by atoms with Crippen LogP contribution in [0.1, 0.15) is 25.8 Å². The lowest BCUT2D eigenvalue weighted by molar-refractivity contribution is 0.145. The van der Waals surface area contributed by atoms with E-state index in [0.29, 0.717) is 18.0 Å². The summed E-state index contributed by atoms with van der Waals surface area (Å²) in [6.45, 7) is 7.79. The molecule has 1 aliphatic rings. The summed E-state index contributed by atoms with van der Waals surface area (Å²) in [7, 11) is 2.21. The average Bonchev–Trinajstić information content (AvgIpc) is 2.31. The number of nitrogens with one attached hydrogen (secondary N) is 1. The van der Waals surface area contributed by atoms with Gasteiger partial charge in [-0.05, 0) is 50.9 Å². The van der Waals surface area contributed by atoms with Crippen LogP contribution >= 0.6 is 11.6 Å². The van der Waals surface area contributed by atoms with Crippen molar-refractivity contribution in [3.63, 3.8) is 0 Å². The second-order valence-electron chi connectivity index (χ2n) is 5.72. The maximum Gasteiger partial charge on any atom is 0.0455 e. The van der Waals surface area contributed by atoms with Crippen LogP contribution in [0.25, 0.3) is 0 Å². The number of benzene rings is 1. The molecule has 0 saturated carbocycles. The maximum absolute atomic E-state index is 6.17. The summed E-state index contributed by atoms with van der Waals surface area (Å²) in [4.78, 5) is 2.44. The van der Waals surface area contributed by atoms with Crippen molar-refractivity contribution in [2.24, 2.45) is 5.92 Å². The van der Waals surface area contributed by atoms with Crippen molar-refractivity contribution >= 4 is 17.3 Å². The van der Waals surface area contributed by atoms with Crippen molar-refractivity contribution in [3.05, 3.63) is 28.8 Å². The highest BCUT2D eigenvalue weighted by molar-refractivity contribution is 6.31. The fraction of sp³-hybridized carbons (Fsp3) is 0.600. The van der Waals surface area contributed by atoms with Gasteiger partial charge < -0.3 is 10.2 Å². The molecular weight excluding hydrogens is 244 g/mol. The number of anilines is 1. The van der Waals surface area contributed by atoms with E-state index in [1.54, 1.807) is 0 Å². The van der Waals surface area contributed by atoms with E-state index in [2.05, 4.69) is 43.2 Å². The molecule has 1 fully saturated rings. The van der Waals surface area contributed by atoms with Crippen molar-refractivity contribution in [1.29, 1.82) is 0 Å².